The van der Waals surface area contributed by atoms with Gasteiger partial charge in [0.2, 0.25) is 0 Å². The lowest BCUT2D eigenvalue weighted by molar-refractivity contribution is 0.507. The molecule has 0 amide bonds. The summed E-state index contributed by atoms with van der Waals surface area (Å²) in [6, 6.07) is 19.0. The van der Waals surface area contributed by atoms with Crippen molar-refractivity contribution in [2.24, 2.45) is 0 Å². The van der Waals surface area contributed by atoms with Crippen molar-refractivity contribution < 1.29 is 8.78 Å². The Morgan fingerprint density at radius 1 is 0.931 bits per heavy atom. The van der Waals surface area contributed by atoms with E-state index in [4.69, 9.17) is 0 Å². The average Bonchev–Trinajstić information content (AvgIpc) is 2.73. The lowest BCUT2D eigenvalue weighted by Gasteiger charge is -2.13. The first-order chi connectivity index (χ1) is 14.0. The molecule has 0 aliphatic carbocycles. The van der Waals surface area contributed by atoms with Gasteiger partial charge in [-0.2, -0.15) is 0 Å². The Balaban J connectivity index is 1.73. The molecule has 0 aliphatic rings. The number of nitrogens with zero attached hydrogens (tertiary/aromatic N) is 2. The molecule has 3 nitrogen and oxygen atoms in total. The van der Waals surface area contributed by atoms with E-state index in [1.165, 1.54) is 23.9 Å². The van der Waals surface area contributed by atoms with Crippen molar-refractivity contribution in [3.8, 4) is 0 Å². The van der Waals surface area contributed by atoms with Gasteiger partial charge in [0.05, 0.1) is 17.4 Å². The number of hydrogen-bond acceptors (Lipinski definition) is 3. The van der Waals surface area contributed by atoms with E-state index in [1.54, 1.807) is 16.7 Å². The molecule has 0 spiro atoms. The highest BCUT2D eigenvalue weighted by molar-refractivity contribution is 7.98. The van der Waals surface area contributed by atoms with Crippen LogP contribution in [-0.2, 0) is 12.3 Å². The summed E-state index contributed by atoms with van der Waals surface area (Å²) in [6.45, 7) is 2.40. The van der Waals surface area contributed by atoms with Crippen LogP contribution in [-0.4, -0.2) is 9.55 Å². The zero-order valence-corrected chi connectivity index (χ0v) is 16.5. The van der Waals surface area contributed by atoms with Crippen molar-refractivity contribution in [2.75, 3.05) is 0 Å². The summed E-state index contributed by atoms with van der Waals surface area (Å²) in [5.74, 6) is -1.39. The lowest BCUT2D eigenvalue weighted by Crippen LogP contribution is -2.24. The number of halogens is 2. The lowest BCUT2D eigenvalue weighted by atomic mass is 10.1. The van der Waals surface area contributed by atoms with E-state index < -0.39 is 11.6 Å². The highest BCUT2D eigenvalue weighted by atomic mass is 32.2. The number of para-hydroxylation sites is 1. The molecule has 0 atom stereocenters. The van der Waals surface area contributed by atoms with Crippen molar-refractivity contribution in [3.63, 3.8) is 0 Å². The highest BCUT2D eigenvalue weighted by Crippen LogP contribution is 2.24. The maximum atomic E-state index is 13.5. The highest BCUT2D eigenvalue weighted by Gasteiger charge is 2.13. The second-order valence-corrected chi connectivity index (χ2v) is 7.77. The maximum Gasteiger partial charge on any atom is 0.262 e. The molecule has 146 valence electrons. The third kappa shape index (κ3) is 4.22. The van der Waals surface area contributed by atoms with Crippen molar-refractivity contribution in [3.05, 3.63) is 105 Å². The summed E-state index contributed by atoms with van der Waals surface area (Å²) in [5, 5.41) is 1.09. The predicted molar refractivity (Wildman–Crippen MR) is 112 cm³/mol. The topological polar surface area (TPSA) is 34.9 Å². The molecule has 1 aromatic heterocycles. The van der Waals surface area contributed by atoms with Crippen LogP contribution in [0.1, 0.15) is 16.7 Å². The van der Waals surface area contributed by atoms with Crippen molar-refractivity contribution >= 4 is 22.7 Å². The molecule has 1 heterocycles. The van der Waals surface area contributed by atoms with Crippen LogP contribution in [0.25, 0.3) is 10.9 Å². The number of aromatic nitrogens is 2. The minimum Gasteiger partial charge on any atom is -0.283 e. The standard InChI is InChI=1S/C23H18F2N2OS/c1-15-6-8-16(9-7-15)13-27-22(28)18-4-2-3-5-21(18)26-23(27)29-14-17-10-11-19(24)20(25)12-17/h2-12H,13-14H2,1H3. The van der Waals surface area contributed by atoms with E-state index in [2.05, 4.69) is 4.98 Å². The molecule has 4 rings (SSSR count). The summed E-state index contributed by atoms with van der Waals surface area (Å²) in [5.41, 5.74) is 3.25. The van der Waals surface area contributed by atoms with Crippen molar-refractivity contribution in [1.82, 2.24) is 9.55 Å². The van der Waals surface area contributed by atoms with E-state index in [9.17, 15) is 13.6 Å². The summed E-state index contributed by atoms with van der Waals surface area (Å²) in [7, 11) is 0. The van der Waals surface area contributed by atoms with Gasteiger partial charge in [-0.25, -0.2) is 13.8 Å². The molecule has 4 aromatic rings. The van der Waals surface area contributed by atoms with Gasteiger partial charge in [-0.05, 0) is 42.3 Å². The largest absolute Gasteiger partial charge is 0.283 e. The second kappa shape index (κ2) is 8.17. The van der Waals surface area contributed by atoms with Crippen molar-refractivity contribution in [2.45, 2.75) is 24.4 Å². The zero-order valence-electron chi connectivity index (χ0n) is 15.7. The van der Waals surface area contributed by atoms with Crippen LogP contribution in [0, 0.1) is 18.6 Å². The number of hydrogen-bond donors (Lipinski definition) is 0. The van der Waals surface area contributed by atoms with Gasteiger partial charge in [0.1, 0.15) is 0 Å². The Hall–Kier alpha value is -2.99. The van der Waals surface area contributed by atoms with Gasteiger partial charge in [-0.1, -0.05) is 59.8 Å². The number of aryl methyl sites for hydroxylation is 1. The van der Waals surface area contributed by atoms with E-state index in [1.807, 2.05) is 43.3 Å². The van der Waals surface area contributed by atoms with Gasteiger partial charge >= 0.3 is 0 Å². The summed E-state index contributed by atoms with van der Waals surface area (Å²) in [4.78, 5) is 17.8. The maximum absolute atomic E-state index is 13.5. The van der Waals surface area contributed by atoms with E-state index in [-0.39, 0.29) is 5.56 Å². The fraction of sp³-hybridized carbons (Fsp3) is 0.130. The molecule has 0 saturated carbocycles. The van der Waals surface area contributed by atoms with Gasteiger partial charge in [-0.3, -0.25) is 9.36 Å². The quantitative estimate of drug-likeness (QED) is 0.331. The average molecular weight is 408 g/mol. The van der Waals surface area contributed by atoms with E-state index in [0.29, 0.717) is 33.9 Å². The van der Waals surface area contributed by atoms with Gasteiger partial charge < -0.3 is 0 Å². The Kier molecular flexibility index (Phi) is 5.45. The monoisotopic (exact) mass is 408 g/mol. The van der Waals surface area contributed by atoms with E-state index >= 15 is 0 Å². The Morgan fingerprint density at radius 2 is 1.66 bits per heavy atom. The second-order valence-electron chi connectivity index (χ2n) is 6.83. The summed E-state index contributed by atoms with van der Waals surface area (Å²) >= 11 is 1.33. The molecular formula is C23H18F2N2OS. The smallest absolute Gasteiger partial charge is 0.262 e. The Morgan fingerprint density at radius 3 is 2.41 bits per heavy atom. The molecule has 0 N–H and O–H groups in total. The first-order valence-electron chi connectivity index (χ1n) is 9.13. The first-order valence-corrected chi connectivity index (χ1v) is 10.1. The summed E-state index contributed by atoms with van der Waals surface area (Å²) in [6.07, 6.45) is 0. The minimum absolute atomic E-state index is 0.121. The van der Waals surface area contributed by atoms with Crippen LogP contribution in [0.5, 0.6) is 0 Å². The molecule has 3 aromatic carbocycles. The van der Waals surface area contributed by atoms with Gasteiger partial charge in [0.15, 0.2) is 16.8 Å². The molecule has 0 bridgehead atoms. The number of rotatable bonds is 5. The van der Waals surface area contributed by atoms with Crippen LogP contribution in [0.3, 0.4) is 0 Å². The molecule has 0 radical (unpaired) electrons. The van der Waals surface area contributed by atoms with Gasteiger partial charge in [-0.15, -0.1) is 0 Å². The third-order valence-electron chi connectivity index (χ3n) is 4.64. The molecular weight excluding hydrogens is 390 g/mol. The molecule has 0 aliphatic heterocycles. The minimum atomic E-state index is -0.883. The Labute approximate surface area is 171 Å². The SMILES string of the molecule is Cc1ccc(Cn2c(SCc3ccc(F)c(F)c3)nc3ccccc3c2=O)cc1. The molecule has 29 heavy (non-hydrogen) atoms. The molecule has 0 saturated heterocycles. The fourth-order valence-electron chi connectivity index (χ4n) is 3.05. The number of thioether (sulfide) groups is 1. The van der Waals surface area contributed by atoms with E-state index in [0.717, 1.165) is 17.2 Å². The molecule has 6 heteroatoms. The van der Waals surface area contributed by atoms with Crippen LogP contribution < -0.4 is 5.56 Å². The van der Waals surface area contributed by atoms with Crippen LogP contribution in [0.2, 0.25) is 0 Å². The third-order valence-corrected chi connectivity index (χ3v) is 5.69. The number of fused-ring (bicyclic) bond motifs is 1. The number of benzene rings is 3. The zero-order chi connectivity index (χ0) is 20.4. The molecule has 0 unspecified atom stereocenters. The molecule has 0 fully saturated rings. The van der Waals surface area contributed by atoms with Crippen LogP contribution in [0.15, 0.2) is 76.7 Å². The first kappa shape index (κ1) is 19.3. The van der Waals surface area contributed by atoms with Gasteiger partial charge in [0.25, 0.3) is 5.56 Å². The predicted octanol–water partition coefficient (Wildman–Crippen LogP) is 5.32. The fourth-order valence-corrected chi connectivity index (χ4v) is 3.99. The van der Waals surface area contributed by atoms with Crippen molar-refractivity contribution in [1.29, 1.82) is 0 Å². The Bertz CT molecular complexity index is 1240. The van der Waals surface area contributed by atoms with Gasteiger partial charge in [0, 0.05) is 5.75 Å². The van der Waals surface area contributed by atoms with Crippen LogP contribution in [0.4, 0.5) is 8.78 Å². The summed E-state index contributed by atoms with van der Waals surface area (Å²) < 4.78 is 28.3. The normalized spacial score (nSPS) is 11.1. The van der Waals surface area contributed by atoms with Crippen LogP contribution >= 0.6 is 11.8 Å².